The lowest BCUT2D eigenvalue weighted by atomic mass is 10.2. The molecule has 1 aromatic heterocycles. The van der Waals surface area contributed by atoms with Crippen LogP contribution < -0.4 is 10.5 Å². The van der Waals surface area contributed by atoms with E-state index in [1.54, 1.807) is 0 Å². The molecule has 0 atom stereocenters. The van der Waals surface area contributed by atoms with Gasteiger partial charge in [-0.15, -0.1) is 13.2 Å². The molecule has 0 aromatic carbocycles. The molecule has 0 aliphatic rings. The topological polar surface area (TPSA) is 74.4 Å². The number of carbonyl (C=O) groups excluding carboxylic acids is 1. The van der Waals surface area contributed by atoms with Crippen molar-refractivity contribution < 1.29 is 27.4 Å². The molecule has 0 bridgehead atoms. The second-order valence-corrected chi connectivity index (χ2v) is 2.64. The molecule has 1 heterocycles. The minimum atomic E-state index is -4.86. The Morgan fingerprint density at radius 1 is 1.50 bits per heavy atom. The van der Waals surface area contributed by atoms with E-state index in [9.17, 15) is 18.0 Å². The van der Waals surface area contributed by atoms with Crippen LogP contribution in [-0.2, 0) is 4.74 Å². The van der Waals surface area contributed by atoms with Crippen LogP contribution in [0, 0.1) is 0 Å². The Balaban J connectivity index is 3.03. The Labute approximate surface area is 88.0 Å². The number of halogens is 3. The first kappa shape index (κ1) is 12.1. The fourth-order valence-corrected chi connectivity index (χ4v) is 0.919. The number of hydrogen-bond acceptors (Lipinski definition) is 5. The number of hydrogen-bond donors (Lipinski definition) is 1. The molecule has 0 spiro atoms. The van der Waals surface area contributed by atoms with Gasteiger partial charge in [-0.05, 0) is 0 Å². The van der Waals surface area contributed by atoms with Gasteiger partial charge in [0, 0.05) is 6.07 Å². The van der Waals surface area contributed by atoms with E-state index in [1.807, 2.05) is 0 Å². The molecule has 0 fully saturated rings. The molecule has 0 aliphatic carbocycles. The van der Waals surface area contributed by atoms with Crippen LogP contribution in [0.3, 0.4) is 0 Å². The summed E-state index contributed by atoms with van der Waals surface area (Å²) in [5.74, 6) is -1.76. The monoisotopic (exact) mass is 236 g/mol. The van der Waals surface area contributed by atoms with Crippen molar-refractivity contribution in [3.05, 3.63) is 17.8 Å². The summed E-state index contributed by atoms with van der Waals surface area (Å²) in [5.41, 5.74) is 4.99. The number of nitrogens with zero attached hydrogens (tertiary/aromatic N) is 1. The molecular weight excluding hydrogens is 229 g/mol. The number of nitrogens with two attached hydrogens (primary N) is 1. The summed E-state index contributed by atoms with van der Waals surface area (Å²) in [5, 5.41) is 0. The Hall–Kier alpha value is -1.99. The first-order valence-electron chi connectivity index (χ1n) is 3.93. The zero-order chi connectivity index (χ0) is 12.3. The van der Waals surface area contributed by atoms with Crippen LogP contribution in [0.4, 0.5) is 19.0 Å². The van der Waals surface area contributed by atoms with Crippen molar-refractivity contribution in [2.24, 2.45) is 0 Å². The molecule has 0 amide bonds. The highest BCUT2D eigenvalue weighted by Crippen LogP contribution is 2.24. The molecule has 0 unspecified atom stereocenters. The minimum absolute atomic E-state index is 0.235. The summed E-state index contributed by atoms with van der Waals surface area (Å²) in [6.07, 6.45) is -4.10. The van der Waals surface area contributed by atoms with Gasteiger partial charge in [0.05, 0.1) is 13.3 Å². The van der Waals surface area contributed by atoms with Crippen molar-refractivity contribution in [3.63, 3.8) is 0 Å². The first-order valence-corrected chi connectivity index (χ1v) is 3.93. The zero-order valence-electron chi connectivity index (χ0n) is 8.04. The lowest BCUT2D eigenvalue weighted by Crippen LogP contribution is -2.18. The largest absolute Gasteiger partial charge is 0.573 e. The van der Waals surface area contributed by atoms with Gasteiger partial charge >= 0.3 is 12.3 Å². The van der Waals surface area contributed by atoms with E-state index >= 15 is 0 Å². The third kappa shape index (κ3) is 3.01. The van der Waals surface area contributed by atoms with Crippen LogP contribution >= 0.6 is 0 Å². The SMILES string of the molecule is COC(=O)c1cc(OC(F)(F)F)cnc1N. The van der Waals surface area contributed by atoms with Gasteiger partial charge in [0.15, 0.2) is 0 Å². The van der Waals surface area contributed by atoms with E-state index < -0.39 is 18.1 Å². The number of pyridine rings is 1. The number of esters is 1. The summed E-state index contributed by atoms with van der Waals surface area (Å²) in [7, 11) is 1.07. The van der Waals surface area contributed by atoms with Crippen LogP contribution in [0.1, 0.15) is 10.4 Å². The summed E-state index contributed by atoms with van der Waals surface area (Å²) >= 11 is 0. The molecule has 0 radical (unpaired) electrons. The number of nitrogen functional groups attached to an aromatic ring is 1. The van der Waals surface area contributed by atoms with E-state index in [4.69, 9.17) is 5.73 Å². The molecule has 2 N–H and O–H groups in total. The maximum absolute atomic E-state index is 11.9. The highest BCUT2D eigenvalue weighted by atomic mass is 19.4. The van der Waals surface area contributed by atoms with Crippen molar-refractivity contribution in [2.45, 2.75) is 6.36 Å². The van der Waals surface area contributed by atoms with Crippen molar-refractivity contribution >= 4 is 11.8 Å². The number of anilines is 1. The van der Waals surface area contributed by atoms with Gasteiger partial charge in [0.1, 0.15) is 17.1 Å². The molecule has 5 nitrogen and oxygen atoms in total. The molecule has 1 aromatic rings. The molecule has 0 saturated heterocycles. The lowest BCUT2D eigenvalue weighted by Gasteiger charge is -2.10. The quantitative estimate of drug-likeness (QED) is 0.784. The Morgan fingerprint density at radius 3 is 2.62 bits per heavy atom. The maximum atomic E-state index is 11.9. The zero-order valence-corrected chi connectivity index (χ0v) is 8.04. The molecular formula is C8H7F3N2O3. The predicted molar refractivity (Wildman–Crippen MR) is 46.7 cm³/mol. The second-order valence-electron chi connectivity index (χ2n) is 2.64. The second kappa shape index (κ2) is 4.25. The number of methoxy groups -OCH3 is 1. The summed E-state index contributed by atoms with van der Waals surface area (Å²) in [6.45, 7) is 0. The van der Waals surface area contributed by atoms with E-state index in [0.29, 0.717) is 0 Å². The van der Waals surface area contributed by atoms with Crippen LogP contribution in [0.2, 0.25) is 0 Å². The lowest BCUT2D eigenvalue weighted by molar-refractivity contribution is -0.274. The Morgan fingerprint density at radius 2 is 2.12 bits per heavy atom. The van der Waals surface area contributed by atoms with Gasteiger partial charge in [-0.1, -0.05) is 0 Å². The number of alkyl halides is 3. The Kier molecular flexibility index (Phi) is 3.21. The van der Waals surface area contributed by atoms with E-state index in [1.165, 1.54) is 0 Å². The predicted octanol–water partition coefficient (Wildman–Crippen LogP) is 1.35. The highest BCUT2D eigenvalue weighted by molar-refractivity contribution is 5.94. The summed E-state index contributed by atoms with van der Waals surface area (Å²) in [6, 6.07) is 0.807. The standard InChI is InChI=1S/C8H7F3N2O3/c1-15-7(14)5-2-4(3-13-6(5)12)16-8(9,10)11/h2-3H,1H3,(H2,12,13). The average molecular weight is 236 g/mol. The van der Waals surface area contributed by atoms with E-state index in [-0.39, 0.29) is 11.4 Å². The summed E-state index contributed by atoms with van der Waals surface area (Å²) in [4.78, 5) is 14.5. The number of rotatable bonds is 2. The van der Waals surface area contributed by atoms with E-state index in [0.717, 1.165) is 19.4 Å². The fraction of sp³-hybridized carbons (Fsp3) is 0.250. The summed E-state index contributed by atoms with van der Waals surface area (Å²) < 4.78 is 43.5. The third-order valence-electron chi connectivity index (χ3n) is 1.53. The van der Waals surface area contributed by atoms with Crippen molar-refractivity contribution in [3.8, 4) is 5.75 Å². The minimum Gasteiger partial charge on any atom is -0.465 e. The van der Waals surface area contributed by atoms with Gasteiger partial charge in [-0.3, -0.25) is 0 Å². The average Bonchev–Trinajstić information content (AvgIpc) is 2.18. The van der Waals surface area contributed by atoms with Gasteiger partial charge in [0.2, 0.25) is 0 Å². The maximum Gasteiger partial charge on any atom is 0.573 e. The van der Waals surface area contributed by atoms with Crippen molar-refractivity contribution in [2.75, 3.05) is 12.8 Å². The molecule has 1 rings (SSSR count). The normalized spacial score (nSPS) is 11.0. The number of ether oxygens (including phenoxy) is 2. The van der Waals surface area contributed by atoms with Gasteiger partial charge in [-0.25, -0.2) is 9.78 Å². The van der Waals surface area contributed by atoms with Crippen LogP contribution in [0.25, 0.3) is 0 Å². The molecule has 88 valence electrons. The fourth-order valence-electron chi connectivity index (χ4n) is 0.919. The molecule has 8 heteroatoms. The molecule has 0 aliphatic heterocycles. The highest BCUT2D eigenvalue weighted by Gasteiger charge is 2.31. The van der Waals surface area contributed by atoms with Crippen molar-refractivity contribution in [1.29, 1.82) is 0 Å². The van der Waals surface area contributed by atoms with Crippen LogP contribution in [0.5, 0.6) is 5.75 Å². The van der Waals surface area contributed by atoms with E-state index in [2.05, 4.69) is 14.5 Å². The van der Waals surface area contributed by atoms with Gasteiger partial charge < -0.3 is 15.2 Å². The third-order valence-corrected chi connectivity index (χ3v) is 1.53. The van der Waals surface area contributed by atoms with Crippen LogP contribution in [-0.4, -0.2) is 24.4 Å². The van der Waals surface area contributed by atoms with Crippen molar-refractivity contribution in [1.82, 2.24) is 4.98 Å². The Bertz CT molecular complexity index is 406. The van der Waals surface area contributed by atoms with Gasteiger partial charge in [-0.2, -0.15) is 0 Å². The van der Waals surface area contributed by atoms with Gasteiger partial charge in [0.25, 0.3) is 0 Å². The van der Waals surface area contributed by atoms with Crippen LogP contribution in [0.15, 0.2) is 12.3 Å². The number of carbonyl (C=O) groups is 1. The molecule has 0 saturated carbocycles. The first-order chi connectivity index (χ1) is 7.33. The number of aromatic nitrogens is 1. The molecule has 16 heavy (non-hydrogen) atoms. The smallest absolute Gasteiger partial charge is 0.465 e.